The van der Waals surface area contributed by atoms with Crippen LogP contribution in [0.1, 0.15) is 39.0 Å². The van der Waals surface area contributed by atoms with Gasteiger partial charge in [-0.25, -0.2) is 4.79 Å². The van der Waals surface area contributed by atoms with Gasteiger partial charge in [-0.2, -0.15) is 0 Å². The van der Waals surface area contributed by atoms with Crippen molar-refractivity contribution in [2.75, 3.05) is 13.1 Å². The Morgan fingerprint density at radius 2 is 1.94 bits per heavy atom. The number of urea groups is 1. The van der Waals surface area contributed by atoms with Crippen molar-refractivity contribution >= 4 is 11.9 Å². The van der Waals surface area contributed by atoms with Crippen LogP contribution in [0.5, 0.6) is 0 Å². The summed E-state index contributed by atoms with van der Waals surface area (Å²) < 4.78 is 0. The van der Waals surface area contributed by atoms with Gasteiger partial charge in [0.1, 0.15) is 0 Å². The van der Waals surface area contributed by atoms with E-state index in [1.165, 1.54) is 6.42 Å². The van der Waals surface area contributed by atoms with Gasteiger partial charge in [-0.3, -0.25) is 4.79 Å². The molecule has 1 rings (SSSR count). The molecule has 0 heterocycles. The van der Waals surface area contributed by atoms with Gasteiger partial charge < -0.3 is 16.0 Å². The van der Waals surface area contributed by atoms with Gasteiger partial charge in [0.15, 0.2) is 0 Å². The van der Waals surface area contributed by atoms with Crippen molar-refractivity contribution in [2.45, 2.75) is 45.1 Å². The van der Waals surface area contributed by atoms with Crippen LogP contribution in [0.3, 0.4) is 0 Å². The summed E-state index contributed by atoms with van der Waals surface area (Å²) in [6.07, 6.45) is 4.62. The van der Waals surface area contributed by atoms with Crippen molar-refractivity contribution < 1.29 is 9.59 Å². The second-order valence-electron chi connectivity index (χ2n) is 4.13. The van der Waals surface area contributed by atoms with Gasteiger partial charge in [0.25, 0.3) is 0 Å². The molecule has 0 spiro atoms. The molecule has 5 nitrogen and oxygen atoms in total. The van der Waals surface area contributed by atoms with Crippen LogP contribution in [0, 0.1) is 0 Å². The van der Waals surface area contributed by atoms with E-state index >= 15 is 0 Å². The van der Waals surface area contributed by atoms with Crippen LogP contribution in [-0.2, 0) is 4.79 Å². The molecule has 1 aliphatic rings. The topological polar surface area (TPSA) is 70.2 Å². The Balaban J connectivity index is 1.96. The van der Waals surface area contributed by atoms with Gasteiger partial charge in [-0.05, 0) is 25.7 Å². The number of hydrogen-bond acceptors (Lipinski definition) is 2. The summed E-state index contributed by atoms with van der Waals surface area (Å²) in [6, 6.07) is 0.182. The molecule has 16 heavy (non-hydrogen) atoms. The summed E-state index contributed by atoms with van der Waals surface area (Å²) in [5, 5.41) is 8.29. The van der Waals surface area contributed by atoms with Gasteiger partial charge in [-0.15, -0.1) is 0 Å². The summed E-state index contributed by atoms with van der Waals surface area (Å²) in [7, 11) is 0. The first-order valence-corrected chi connectivity index (χ1v) is 6.03. The molecule has 1 aliphatic carbocycles. The van der Waals surface area contributed by atoms with E-state index in [-0.39, 0.29) is 11.9 Å². The molecule has 1 saturated carbocycles. The Morgan fingerprint density at radius 1 is 1.19 bits per heavy atom. The second-order valence-corrected chi connectivity index (χ2v) is 4.13. The molecule has 92 valence electrons. The van der Waals surface area contributed by atoms with Crippen molar-refractivity contribution in [2.24, 2.45) is 0 Å². The zero-order valence-electron chi connectivity index (χ0n) is 9.84. The van der Waals surface area contributed by atoms with Crippen LogP contribution in [0.4, 0.5) is 4.79 Å². The molecule has 0 aromatic rings. The fourth-order valence-corrected chi connectivity index (χ4v) is 1.43. The number of carbonyl (C=O) groups excluding carboxylic acids is 2. The summed E-state index contributed by atoms with van der Waals surface area (Å²) in [4.78, 5) is 22.5. The number of carbonyl (C=O) groups is 2. The summed E-state index contributed by atoms with van der Waals surface area (Å²) >= 11 is 0. The first kappa shape index (κ1) is 12.8. The summed E-state index contributed by atoms with van der Waals surface area (Å²) in [5.41, 5.74) is 0. The lowest BCUT2D eigenvalue weighted by Crippen LogP contribution is -2.45. The fraction of sp³-hybridized carbons (Fsp3) is 0.818. The maximum Gasteiger partial charge on any atom is 0.315 e. The van der Waals surface area contributed by atoms with E-state index < -0.39 is 0 Å². The molecular formula is C11H21N3O2. The smallest absolute Gasteiger partial charge is 0.315 e. The number of nitrogens with one attached hydrogen (secondary N) is 3. The van der Waals surface area contributed by atoms with Gasteiger partial charge in [0.2, 0.25) is 5.91 Å². The van der Waals surface area contributed by atoms with Crippen molar-refractivity contribution in [3.05, 3.63) is 0 Å². The lowest BCUT2D eigenvalue weighted by molar-refractivity contribution is -0.120. The highest BCUT2D eigenvalue weighted by Crippen LogP contribution is 2.17. The fourth-order valence-electron chi connectivity index (χ4n) is 1.43. The van der Waals surface area contributed by atoms with Crippen LogP contribution >= 0.6 is 0 Å². The van der Waals surface area contributed by atoms with Crippen LogP contribution in [0.15, 0.2) is 0 Å². The Hall–Kier alpha value is -1.26. The highest BCUT2D eigenvalue weighted by molar-refractivity contribution is 5.78. The highest BCUT2D eigenvalue weighted by Gasteiger charge is 2.18. The number of amides is 3. The van der Waals surface area contributed by atoms with E-state index in [0.29, 0.717) is 25.6 Å². The van der Waals surface area contributed by atoms with E-state index in [9.17, 15) is 9.59 Å². The lowest BCUT2D eigenvalue weighted by Gasteiger charge is -2.26. The van der Waals surface area contributed by atoms with Crippen molar-refractivity contribution in [3.8, 4) is 0 Å². The van der Waals surface area contributed by atoms with E-state index in [0.717, 1.165) is 19.3 Å². The molecule has 0 unspecified atom stereocenters. The molecular weight excluding hydrogens is 206 g/mol. The third-order valence-corrected chi connectivity index (χ3v) is 2.65. The minimum absolute atomic E-state index is 0.00852. The Kier molecular flexibility index (Phi) is 5.67. The average Bonchev–Trinajstić information content (AvgIpc) is 2.20. The van der Waals surface area contributed by atoms with Crippen LogP contribution in [0.2, 0.25) is 0 Å². The Morgan fingerprint density at radius 3 is 2.50 bits per heavy atom. The molecule has 5 heteroatoms. The SMILES string of the molecule is CCCNC(=O)CCNC(=O)NC1CCC1. The van der Waals surface area contributed by atoms with Gasteiger partial charge >= 0.3 is 6.03 Å². The zero-order valence-corrected chi connectivity index (χ0v) is 9.84. The van der Waals surface area contributed by atoms with Crippen molar-refractivity contribution in [1.82, 2.24) is 16.0 Å². The molecule has 0 aliphatic heterocycles. The van der Waals surface area contributed by atoms with E-state index in [1.54, 1.807) is 0 Å². The molecule has 0 radical (unpaired) electrons. The average molecular weight is 227 g/mol. The molecule has 0 aromatic heterocycles. The molecule has 1 fully saturated rings. The number of hydrogen-bond donors (Lipinski definition) is 3. The predicted octanol–water partition coefficient (Wildman–Crippen LogP) is 0.754. The first-order valence-electron chi connectivity index (χ1n) is 6.03. The quantitative estimate of drug-likeness (QED) is 0.627. The zero-order chi connectivity index (χ0) is 11.8. The molecule has 3 N–H and O–H groups in total. The minimum atomic E-state index is -0.159. The minimum Gasteiger partial charge on any atom is -0.356 e. The maximum absolute atomic E-state index is 11.3. The van der Waals surface area contributed by atoms with Crippen LogP contribution in [0.25, 0.3) is 0 Å². The van der Waals surface area contributed by atoms with Crippen molar-refractivity contribution in [3.63, 3.8) is 0 Å². The molecule has 3 amide bonds. The van der Waals surface area contributed by atoms with Crippen LogP contribution < -0.4 is 16.0 Å². The van der Waals surface area contributed by atoms with E-state index in [2.05, 4.69) is 16.0 Å². The summed E-state index contributed by atoms with van der Waals surface area (Å²) in [5.74, 6) is -0.00852. The van der Waals surface area contributed by atoms with Gasteiger partial charge in [0.05, 0.1) is 0 Å². The Labute approximate surface area is 96.4 Å². The van der Waals surface area contributed by atoms with Crippen LogP contribution in [-0.4, -0.2) is 31.1 Å². The molecule has 0 atom stereocenters. The highest BCUT2D eigenvalue weighted by atomic mass is 16.2. The first-order chi connectivity index (χ1) is 7.72. The van der Waals surface area contributed by atoms with Gasteiger partial charge in [-0.1, -0.05) is 6.92 Å². The third-order valence-electron chi connectivity index (χ3n) is 2.65. The number of rotatable bonds is 6. The standard InChI is InChI=1S/C11H21N3O2/c1-2-7-12-10(15)6-8-13-11(16)14-9-4-3-5-9/h9H,2-8H2,1H3,(H,12,15)(H2,13,14,16). The monoisotopic (exact) mass is 227 g/mol. The van der Waals surface area contributed by atoms with E-state index in [1.807, 2.05) is 6.92 Å². The predicted molar refractivity (Wildman–Crippen MR) is 62.1 cm³/mol. The molecule has 0 aromatic carbocycles. The molecule has 0 bridgehead atoms. The maximum atomic E-state index is 11.3. The van der Waals surface area contributed by atoms with E-state index in [4.69, 9.17) is 0 Å². The second kappa shape index (κ2) is 7.09. The summed E-state index contributed by atoms with van der Waals surface area (Å²) in [6.45, 7) is 3.10. The molecule has 0 saturated heterocycles. The lowest BCUT2D eigenvalue weighted by atomic mass is 9.93. The van der Waals surface area contributed by atoms with Crippen molar-refractivity contribution in [1.29, 1.82) is 0 Å². The third kappa shape index (κ3) is 5.00. The normalized spacial score (nSPS) is 15.1. The van der Waals surface area contributed by atoms with Gasteiger partial charge in [0, 0.05) is 25.6 Å². The Bertz CT molecular complexity index is 239. The largest absolute Gasteiger partial charge is 0.356 e.